The molecule has 1 aromatic carbocycles. The van der Waals surface area contributed by atoms with Crippen molar-refractivity contribution >= 4 is 5.69 Å². The first kappa shape index (κ1) is 13.9. The van der Waals surface area contributed by atoms with E-state index in [2.05, 4.69) is 46.2 Å². The van der Waals surface area contributed by atoms with Crippen molar-refractivity contribution in [1.29, 1.82) is 5.26 Å². The van der Waals surface area contributed by atoms with Gasteiger partial charge >= 0.3 is 0 Å². The first-order valence-corrected chi connectivity index (χ1v) is 6.87. The summed E-state index contributed by atoms with van der Waals surface area (Å²) in [5, 5.41) is 8.41. The number of nitriles is 1. The fourth-order valence-corrected chi connectivity index (χ4v) is 2.28. The van der Waals surface area contributed by atoms with E-state index in [1.807, 2.05) is 0 Å². The molecule has 0 amide bonds. The summed E-state index contributed by atoms with van der Waals surface area (Å²) in [5.41, 5.74) is 1.31. The van der Waals surface area contributed by atoms with Crippen LogP contribution in [0.2, 0.25) is 0 Å². The van der Waals surface area contributed by atoms with Crippen molar-refractivity contribution in [1.82, 2.24) is 4.90 Å². The molecule has 102 valence electrons. The molecule has 1 saturated heterocycles. The molecular formula is C15H21N3O. The van der Waals surface area contributed by atoms with E-state index in [0.717, 1.165) is 39.3 Å². The summed E-state index contributed by atoms with van der Waals surface area (Å²) in [7, 11) is 0. The maximum absolute atomic E-state index is 8.41. The van der Waals surface area contributed by atoms with Crippen molar-refractivity contribution in [2.24, 2.45) is 0 Å². The molecule has 1 aliphatic heterocycles. The topological polar surface area (TPSA) is 39.5 Å². The van der Waals surface area contributed by atoms with E-state index in [9.17, 15) is 0 Å². The Balaban J connectivity index is 1.64. The molecule has 1 aliphatic rings. The summed E-state index contributed by atoms with van der Waals surface area (Å²) in [6.07, 6.45) is 0.488. The average Bonchev–Trinajstić information content (AvgIpc) is 2.49. The van der Waals surface area contributed by atoms with Gasteiger partial charge in [0.1, 0.15) is 0 Å². The number of hydrogen-bond acceptors (Lipinski definition) is 4. The predicted molar refractivity (Wildman–Crippen MR) is 76.1 cm³/mol. The fourth-order valence-electron chi connectivity index (χ4n) is 2.28. The Hall–Kier alpha value is -1.57. The molecule has 0 bridgehead atoms. The lowest BCUT2D eigenvalue weighted by atomic mass is 10.2. The molecule has 1 fully saturated rings. The van der Waals surface area contributed by atoms with Crippen LogP contribution in [0, 0.1) is 11.3 Å². The van der Waals surface area contributed by atoms with Crippen LogP contribution in [0.1, 0.15) is 6.42 Å². The third-order valence-corrected chi connectivity index (χ3v) is 3.40. The predicted octanol–water partition coefficient (Wildman–Crippen LogP) is 1.74. The maximum atomic E-state index is 8.41. The minimum absolute atomic E-state index is 0.488. The van der Waals surface area contributed by atoms with E-state index in [4.69, 9.17) is 10.00 Å². The van der Waals surface area contributed by atoms with Crippen LogP contribution in [-0.4, -0.2) is 50.8 Å². The van der Waals surface area contributed by atoms with E-state index < -0.39 is 0 Å². The van der Waals surface area contributed by atoms with Gasteiger partial charge in [-0.2, -0.15) is 5.26 Å². The molecule has 0 unspecified atom stereocenters. The molecule has 0 aliphatic carbocycles. The number of anilines is 1. The van der Waals surface area contributed by atoms with E-state index >= 15 is 0 Å². The van der Waals surface area contributed by atoms with Gasteiger partial charge in [0.05, 0.1) is 25.7 Å². The number of piperazine rings is 1. The molecular weight excluding hydrogens is 238 g/mol. The summed E-state index contributed by atoms with van der Waals surface area (Å²) in [6, 6.07) is 12.6. The Morgan fingerprint density at radius 1 is 1.05 bits per heavy atom. The fraction of sp³-hybridized carbons (Fsp3) is 0.533. The zero-order valence-corrected chi connectivity index (χ0v) is 11.3. The summed E-state index contributed by atoms with van der Waals surface area (Å²) < 4.78 is 5.41. The minimum atomic E-state index is 0.488. The first-order valence-electron chi connectivity index (χ1n) is 6.87. The molecule has 0 radical (unpaired) electrons. The summed E-state index contributed by atoms with van der Waals surface area (Å²) in [5.74, 6) is 0. The second-order valence-corrected chi connectivity index (χ2v) is 4.68. The van der Waals surface area contributed by atoms with E-state index in [0.29, 0.717) is 13.0 Å². The normalized spacial score (nSPS) is 16.3. The van der Waals surface area contributed by atoms with Crippen LogP contribution in [0.4, 0.5) is 5.69 Å². The van der Waals surface area contributed by atoms with Gasteiger partial charge < -0.3 is 9.64 Å². The van der Waals surface area contributed by atoms with E-state index in [1.165, 1.54) is 5.69 Å². The summed E-state index contributed by atoms with van der Waals surface area (Å²) in [6.45, 7) is 6.55. The Kier molecular flexibility index (Phi) is 5.67. The van der Waals surface area contributed by atoms with Crippen LogP contribution in [0.5, 0.6) is 0 Å². The lowest BCUT2D eigenvalue weighted by molar-refractivity contribution is 0.105. The highest BCUT2D eigenvalue weighted by Crippen LogP contribution is 2.15. The minimum Gasteiger partial charge on any atom is -0.379 e. The van der Waals surface area contributed by atoms with Crippen LogP contribution in [0.15, 0.2) is 30.3 Å². The highest BCUT2D eigenvalue weighted by atomic mass is 16.5. The Morgan fingerprint density at radius 2 is 1.79 bits per heavy atom. The second-order valence-electron chi connectivity index (χ2n) is 4.68. The van der Waals surface area contributed by atoms with Gasteiger partial charge in [-0.3, -0.25) is 4.90 Å². The molecule has 0 aromatic heterocycles. The van der Waals surface area contributed by atoms with Crippen molar-refractivity contribution in [2.75, 3.05) is 50.8 Å². The molecule has 4 heteroatoms. The Labute approximate surface area is 115 Å². The maximum Gasteiger partial charge on any atom is 0.0645 e. The molecule has 0 saturated carbocycles. The molecule has 2 rings (SSSR count). The zero-order valence-electron chi connectivity index (χ0n) is 11.3. The number of nitrogens with zero attached hydrogens (tertiary/aromatic N) is 3. The average molecular weight is 259 g/mol. The lowest BCUT2D eigenvalue weighted by Crippen LogP contribution is -2.47. The van der Waals surface area contributed by atoms with Gasteiger partial charge in [0.25, 0.3) is 0 Å². The SMILES string of the molecule is N#CCCOCCN1CCN(c2ccccc2)CC1. The molecule has 1 heterocycles. The van der Waals surface area contributed by atoms with Gasteiger partial charge in [0, 0.05) is 38.4 Å². The first-order chi connectivity index (χ1) is 9.40. The van der Waals surface area contributed by atoms with Crippen molar-refractivity contribution in [2.45, 2.75) is 6.42 Å². The van der Waals surface area contributed by atoms with Crippen LogP contribution >= 0.6 is 0 Å². The molecule has 19 heavy (non-hydrogen) atoms. The monoisotopic (exact) mass is 259 g/mol. The molecule has 0 spiro atoms. The Bertz CT molecular complexity index is 394. The van der Waals surface area contributed by atoms with Gasteiger partial charge in [-0.1, -0.05) is 18.2 Å². The molecule has 0 atom stereocenters. The van der Waals surface area contributed by atoms with Gasteiger partial charge in [0.2, 0.25) is 0 Å². The molecule has 0 N–H and O–H groups in total. The van der Waals surface area contributed by atoms with Crippen molar-refractivity contribution in [3.8, 4) is 6.07 Å². The summed E-state index contributed by atoms with van der Waals surface area (Å²) >= 11 is 0. The van der Waals surface area contributed by atoms with Crippen LogP contribution < -0.4 is 4.90 Å². The van der Waals surface area contributed by atoms with Gasteiger partial charge in [0.15, 0.2) is 0 Å². The van der Waals surface area contributed by atoms with Crippen LogP contribution in [-0.2, 0) is 4.74 Å². The second kappa shape index (κ2) is 7.78. The van der Waals surface area contributed by atoms with Gasteiger partial charge in [-0.15, -0.1) is 0 Å². The largest absolute Gasteiger partial charge is 0.379 e. The number of benzene rings is 1. The molecule has 4 nitrogen and oxygen atoms in total. The van der Waals surface area contributed by atoms with Crippen LogP contribution in [0.25, 0.3) is 0 Å². The highest BCUT2D eigenvalue weighted by Gasteiger charge is 2.16. The van der Waals surface area contributed by atoms with E-state index in [1.54, 1.807) is 0 Å². The standard InChI is InChI=1S/C15H21N3O/c16-7-4-13-19-14-12-17-8-10-18(11-9-17)15-5-2-1-3-6-15/h1-3,5-6H,4,8-14H2. The number of ether oxygens (including phenoxy) is 1. The van der Waals surface area contributed by atoms with Crippen LogP contribution in [0.3, 0.4) is 0 Å². The highest BCUT2D eigenvalue weighted by molar-refractivity contribution is 5.46. The summed E-state index contributed by atoms with van der Waals surface area (Å²) in [4.78, 5) is 4.85. The van der Waals surface area contributed by atoms with Crippen molar-refractivity contribution in [3.63, 3.8) is 0 Å². The van der Waals surface area contributed by atoms with E-state index in [-0.39, 0.29) is 0 Å². The van der Waals surface area contributed by atoms with Crippen molar-refractivity contribution < 1.29 is 4.74 Å². The quantitative estimate of drug-likeness (QED) is 0.730. The van der Waals surface area contributed by atoms with Gasteiger partial charge in [-0.25, -0.2) is 0 Å². The Morgan fingerprint density at radius 3 is 2.47 bits per heavy atom. The third-order valence-electron chi connectivity index (χ3n) is 3.40. The van der Waals surface area contributed by atoms with Crippen molar-refractivity contribution in [3.05, 3.63) is 30.3 Å². The number of rotatable bonds is 6. The smallest absolute Gasteiger partial charge is 0.0645 e. The number of para-hydroxylation sites is 1. The zero-order chi connectivity index (χ0) is 13.3. The molecule has 1 aromatic rings. The lowest BCUT2D eigenvalue weighted by Gasteiger charge is -2.36. The van der Waals surface area contributed by atoms with Gasteiger partial charge in [-0.05, 0) is 12.1 Å². The number of hydrogen-bond donors (Lipinski definition) is 0. The third kappa shape index (κ3) is 4.55.